The third kappa shape index (κ3) is 3.69. The predicted octanol–water partition coefficient (Wildman–Crippen LogP) is 1.45. The molecule has 2 N–H and O–H groups in total. The topological polar surface area (TPSA) is 49.6 Å². The van der Waals surface area contributed by atoms with Gasteiger partial charge in [-0.3, -0.25) is 9.69 Å². The largest absolute Gasteiger partial charge is 0.345 e. The highest BCUT2D eigenvalue weighted by atomic mass is 16.2. The van der Waals surface area contributed by atoms with Crippen LogP contribution >= 0.6 is 0 Å². The molecule has 1 saturated carbocycles. The van der Waals surface area contributed by atoms with Crippen LogP contribution in [-0.4, -0.2) is 55.0 Å². The molecule has 0 spiro atoms. The second-order valence-corrected chi connectivity index (χ2v) is 5.61. The molecule has 18 heavy (non-hydrogen) atoms. The van der Waals surface area contributed by atoms with Gasteiger partial charge in [-0.05, 0) is 26.8 Å². The molecule has 1 fully saturated rings. The van der Waals surface area contributed by atoms with Crippen LogP contribution in [0.25, 0.3) is 0 Å². The number of nitrogens with two attached hydrogens (primary N) is 1. The maximum atomic E-state index is 12.0. The summed E-state index contributed by atoms with van der Waals surface area (Å²) in [6, 6.07) is 0. The Morgan fingerprint density at radius 1 is 1.17 bits per heavy atom. The predicted molar refractivity (Wildman–Crippen MR) is 75.4 cm³/mol. The number of rotatable bonds is 5. The van der Waals surface area contributed by atoms with Gasteiger partial charge in [0.2, 0.25) is 5.91 Å². The van der Waals surface area contributed by atoms with Gasteiger partial charge in [-0.2, -0.15) is 0 Å². The first-order valence-corrected chi connectivity index (χ1v) is 7.21. The number of hydrogen-bond acceptors (Lipinski definition) is 3. The second kappa shape index (κ2) is 7.10. The fourth-order valence-corrected chi connectivity index (χ4v) is 2.80. The molecule has 0 unspecified atom stereocenters. The normalized spacial score (nSPS) is 19.6. The van der Waals surface area contributed by atoms with Gasteiger partial charge in [-0.25, -0.2) is 0 Å². The maximum Gasteiger partial charge on any atom is 0.236 e. The number of amides is 1. The smallest absolute Gasteiger partial charge is 0.236 e. The molecule has 1 amide bonds. The van der Waals surface area contributed by atoms with Crippen molar-refractivity contribution in [1.29, 1.82) is 0 Å². The summed E-state index contributed by atoms with van der Waals surface area (Å²) in [5, 5.41) is 0. The summed E-state index contributed by atoms with van der Waals surface area (Å²) in [5.41, 5.74) is 6.07. The monoisotopic (exact) mass is 255 g/mol. The fourth-order valence-electron chi connectivity index (χ4n) is 2.80. The lowest BCUT2D eigenvalue weighted by molar-refractivity contribution is -0.132. The lowest BCUT2D eigenvalue weighted by Crippen LogP contribution is -2.54. The quantitative estimate of drug-likeness (QED) is 0.756. The number of carbonyl (C=O) groups excluding carboxylic acids is 1. The summed E-state index contributed by atoms with van der Waals surface area (Å²) in [7, 11) is 3.91. The number of nitrogens with zero attached hydrogens (tertiary/aromatic N) is 2. The van der Waals surface area contributed by atoms with Crippen molar-refractivity contribution in [3.05, 3.63) is 0 Å². The minimum atomic E-state index is 0.0424. The molecule has 0 saturated heterocycles. The number of hydrogen-bond donors (Lipinski definition) is 1. The Bertz CT molecular complexity index is 260. The van der Waals surface area contributed by atoms with E-state index in [2.05, 4.69) is 11.9 Å². The Hall–Kier alpha value is -0.610. The van der Waals surface area contributed by atoms with Crippen molar-refractivity contribution < 1.29 is 4.79 Å². The van der Waals surface area contributed by atoms with Gasteiger partial charge in [0.05, 0.1) is 6.54 Å². The highest BCUT2D eigenvalue weighted by Crippen LogP contribution is 2.30. The molecule has 4 nitrogen and oxygen atoms in total. The average Bonchev–Trinajstić information content (AvgIpc) is 2.63. The molecule has 0 heterocycles. The zero-order valence-electron chi connectivity index (χ0n) is 12.2. The minimum Gasteiger partial charge on any atom is -0.345 e. The Morgan fingerprint density at radius 3 is 2.17 bits per heavy atom. The molecule has 4 heteroatoms. The van der Waals surface area contributed by atoms with Crippen molar-refractivity contribution in [2.24, 2.45) is 5.73 Å². The molecule has 0 aromatic rings. The first kappa shape index (κ1) is 15.4. The Balaban J connectivity index is 2.65. The Labute approximate surface area is 111 Å². The van der Waals surface area contributed by atoms with Gasteiger partial charge >= 0.3 is 0 Å². The average molecular weight is 255 g/mol. The van der Waals surface area contributed by atoms with E-state index in [1.165, 1.54) is 25.7 Å². The number of carbonyl (C=O) groups is 1. The van der Waals surface area contributed by atoms with Crippen LogP contribution in [-0.2, 0) is 4.79 Å². The fraction of sp³-hybridized carbons (Fsp3) is 0.929. The van der Waals surface area contributed by atoms with E-state index in [1.54, 1.807) is 4.90 Å². The van der Waals surface area contributed by atoms with Crippen LogP contribution in [0.4, 0.5) is 0 Å². The molecular weight excluding hydrogens is 226 g/mol. The lowest BCUT2D eigenvalue weighted by Gasteiger charge is -2.41. The van der Waals surface area contributed by atoms with Gasteiger partial charge in [-0.15, -0.1) is 0 Å². The van der Waals surface area contributed by atoms with E-state index in [1.807, 2.05) is 14.0 Å². The Morgan fingerprint density at radius 2 is 1.72 bits per heavy atom. The Kier molecular flexibility index (Phi) is 6.09. The van der Waals surface area contributed by atoms with Crippen LogP contribution < -0.4 is 5.73 Å². The lowest BCUT2D eigenvalue weighted by atomic mass is 9.88. The molecule has 106 valence electrons. The van der Waals surface area contributed by atoms with Crippen LogP contribution in [0, 0.1) is 0 Å². The summed E-state index contributed by atoms with van der Waals surface area (Å²) in [6.45, 7) is 3.92. The van der Waals surface area contributed by atoms with Gasteiger partial charge in [-0.1, -0.05) is 25.7 Å². The van der Waals surface area contributed by atoms with E-state index >= 15 is 0 Å². The summed E-state index contributed by atoms with van der Waals surface area (Å²) in [5.74, 6) is 0.192. The van der Waals surface area contributed by atoms with E-state index in [0.717, 1.165) is 19.4 Å². The third-order valence-electron chi connectivity index (χ3n) is 4.50. The minimum absolute atomic E-state index is 0.0424. The second-order valence-electron chi connectivity index (χ2n) is 5.61. The zero-order valence-corrected chi connectivity index (χ0v) is 12.2. The zero-order chi connectivity index (χ0) is 13.6. The molecule has 0 aromatic heterocycles. The van der Waals surface area contributed by atoms with Crippen molar-refractivity contribution in [1.82, 2.24) is 9.80 Å². The summed E-state index contributed by atoms with van der Waals surface area (Å²) in [4.78, 5) is 16.0. The highest BCUT2D eigenvalue weighted by Gasteiger charge is 2.34. The molecule has 1 rings (SSSR count). The van der Waals surface area contributed by atoms with Crippen molar-refractivity contribution in [2.75, 3.05) is 33.7 Å². The van der Waals surface area contributed by atoms with Gasteiger partial charge in [0.1, 0.15) is 0 Å². The maximum absolute atomic E-state index is 12.0. The first-order chi connectivity index (χ1) is 8.55. The van der Waals surface area contributed by atoms with Crippen molar-refractivity contribution in [3.63, 3.8) is 0 Å². The van der Waals surface area contributed by atoms with Crippen LogP contribution in [0.5, 0.6) is 0 Å². The van der Waals surface area contributed by atoms with Gasteiger partial charge in [0.25, 0.3) is 0 Å². The molecule has 0 radical (unpaired) electrons. The van der Waals surface area contributed by atoms with Gasteiger partial charge in [0.15, 0.2) is 0 Å². The summed E-state index contributed by atoms with van der Waals surface area (Å²) >= 11 is 0. The molecule has 0 bridgehead atoms. The van der Waals surface area contributed by atoms with E-state index in [0.29, 0.717) is 13.1 Å². The molecule has 0 aromatic carbocycles. The van der Waals surface area contributed by atoms with Crippen molar-refractivity contribution >= 4 is 5.91 Å². The van der Waals surface area contributed by atoms with Crippen molar-refractivity contribution in [2.45, 2.75) is 51.0 Å². The van der Waals surface area contributed by atoms with E-state index < -0.39 is 0 Å². The number of likely N-dealkylation sites (N-methyl/N-ethyl adjacent to an activating group) is 2. The first-order valence-electron chi connectivity index (χ1n) is 7.21. The van der Waals surface area contributed by atoms with Crippen LogP contribution in [0.1, 0.15) is 45.4 Å². The SMILES string of the molecule is CCN(C)C(=O)CN(C)C1(CN)CCCCCC1. The third-order valence-corrected chi connectivity index (χ3v) is 4.50. The summed E-state index contributed by atoms with van der Waals surface area (Å²) < 4.78 is 0. The van der Waals surface area contributed by atoms with Crippen molar-refractivity contribution in [3.8, 4) is 0 Å². The van der Waals surface area contributed by atoms with Gasteiger partial charge < -0.3 is 10.6 Å². The summed E-state index contributed by atoms with van der Waals surface area (Å²) in [6.07, 6.45) is 7.34. The molecule has 0 aliphatic heterocycles. The van der Waals surface area contributed by atoms with E-state index in [9.17, 15) is 4.79 Å². The molecule has 1 aliphatic rings. The van der Waals surface area contributed by atoms with Crippen LogP contribution in [0.2, 0.25) is 0 Å². The van der Waals surface area contributed by atoms with Crippen LogP contribution in [0.3, 0.4) is 0 Å². The molecule has 1 aliphatic carbocycles. The molecular formula is C14H29N3O. The molecule has 0 atom stereocenters. The van der Waals surface area contributed by atoms with E-state index in [-0.39, 0.29) is 11.4 Å². The van der Waals surface area contributed by atoms with E-state index in [4.69, 9.17) is 5.73 Å². The van der Waals surface area contributed by atoms with Crippen LogP contribution in [0.15, 0.2) is 0 Å². The van der Waals surface area contributed by atoms with Gasteiger partial charge in [0, 0.05) is 25.7 Å². The standard InChI is InChI=1S/C14H29N3O/c1-4-16(2)13(18)11-17(3)14(12-15)9-7-5-6-8-10-14/h4-12,15H2,1-3H3. The highest BCUT2D eigenvalue weighted by molar-refractivity contribution is 5.78.